The summed E-state index contributed by atoms with van der Waals surface area (Å²) in [7, 11) is 1.78. The summed E-state index contributed by atoms with van der Waals surface area (Å²) in [5, 5.41) is 11.0. The van der Waals surface area contributed by atoms with Gasteiger partial charge in [0.25, 0.3) is 0 Å². The molecule has 1 atom stereocenters. The van der Waals surface area contributed by atoms with Crippen molar-refractivity contribution in [2.75, 3.05) is 20.2 Å². The smallest absolute Gasteiger partial charge is 0.191 e. The Morgan fingerprint density at radius 1 is 1.37 bits per heavy atom. The monoisotopic (exact) mass is 370 g/mol. The predicted octanol–water partition coefficient (Wildman–Crippen LogP) is 2.13. The fourth-order valence-corrected chi connectivity index (χ4v) is 3.13. The van der Waals surface area contributed by atoms with Crippen LogP contribution in [0.25, 0.3) is 0 Å². The molecule has 0 amide bonds. The summed E-state index contributed by atoms with van der Waals surface area (Å²) in [6.45, 7) is 8.68. The Morgan fingerprint density at radius 3 is 3.00 bits per heavy atom. The minimum Gasteiger partial charge on any atom is -0.492 e. The van der Waals surface area contributed by atoms with E-state index in [-0.39, 0.29) is 5.41 Å². The SMILES string of the molecule is CN=C(NCCOc1cccc(C(C)(C)C)c1)NC1CCc2ncnn2C1. The number of nitrogens with zero attached hydrogens (tertiary/aromatic N) is 4. The van der Waals surface area contributed by atoms with E-state index in [1.54, 1.807) is 13.4 Å². The number of aryl methyl sites for hydroxylation is 1. The number of hydrogen-bond donors (Lipinski definition) is 2. The van der Waals surface area contributed by atoms with Crippen LogP contribution in [-0.2, 0) is 18.4 Å². The molecule has 1 aromatic heterocycles. The Hall–Kier alpha value is -2.57. The molecule has 0 aliphatic carbocycles. The Labute approximate surface area is 161 Å². The van der Waals surface area contributed by atoms with Gasteiger partial charge in [0.15, 0.2) is 5.96 Å². The first-order chi connectivity index (χ1) is 13.0. The van der Waals surface area contributed by atoms with Crippen molar-refractivity contribution in [3.63, 3.8) is 0 Å². The van der Waals surface area contributed by atoms with E-state index in [0.717, 1.165) is 36.9 Å². The van der Waals surface area contributed by atoms with E-state index in [1.165, 1.54) is 5.56 Å². The molecule has 3 rings (SSSR count). The Morgan fingerprint density at radius 2 is 2.22 bits per heavy atom. The van der Waals surface area contributed by atoms with Crippen LogP contribution in [0.2, 0.25) is 0 Å². The molecule has 0 saturated heterocycles. The van der Waals surface area contributed by atoms with Crippen molar-refractivity contribution < 1.29 is 4.74 Å². The van der Waals surface area contributed by atoms with Crippen molar-refractivity contribution in [2.24, 2.45) is 4.99 Å². The number of ether oxygens (including phenoxy) is 1. The highest BCUT2D eigenvalue weighted by atomic mass is 16.5. The number of hydrogen-bond acceptors (Lipinski definition) is 4. The largest absolute Gasteiger partial charge is 0.492 e. The van der Waals surface area contributed by atoms with Gasteiger partial charge in [0.2, 0.25) is 0 Å². The number of benzene rings is 1. The van der Waals surface area contributed by atoms with Crippen LogP contribution in [0.3, 0.4) is 0 Å². The first kappa shape index (κ1) is 19.2. The Kier molecular flexibility index (Phi) is 5.98. The molecule has 27 heavy (non-hydrogen) atoms. The second-order valence-corrected chi connectivity index (χ2v) is 7.86. The van der Waals surface area contributed by atoms with E-state index in [0.29, 0.717) is 19.2 Å². The van der Waals surface area contributed by atoms with Crippen LogP contribution >= 0.6 is 0 Å². The van der Waals surface area contributed by atoms with Gasteiger partial charge in [-0.25, -0.2) is 9.67 Å². The van der Waals surface area contributed by atoms with Crippen LogP contribution < -0.4 is 15.4 Å². The summed E-state index contributed by atoms with van der Waals surface area (Å²) < 4.78 is 7.85. The van der Waals surface area contributed by atoms with Crippen molar-refractivity contribution in [1.82, 2.24) is 25.4 Å². The second kappa shape index (κ2) is 8.41. The van der Waals surface area contributed by atoms with Crippen molar-refractivity contribution >= 4 is 5.96 Å². The lowest BCUT2D eigenvalue weighted by Crippen LogP contribution is -2.47. The van der Waals surface area contributed by atoms with Crippen LogP contribution in [0.1, 0.15) is 38.6 Å². The zero-order valence-electron chi connectivity index (χ0n) is 16.7. The van der Waals surface area contributed by atoms with Gasteiger partial charge in [-0.05, 0) is 29.5 Å². The fraction of sp³-hybridized carbons (Fsp3) is 0.550. The molecule has 0 radical (unpaired) electrons. The number of aliphatic imine (C=N–C) groups is 1. The van der Waals surface area contributed by atoms with Gasteiger partial charge < -0.3 is 15.4 Å². The molecule has 7 heteroatoms. The first-order valence-electron chi connectivity index (χ1n) is 9.53. The van der Waals surface area contributed by atoms with Gasteiger partial charge in [-0.15, -0.1) is 0 Å². The average Bonchev–Trinajstić information content (AvgIpc) is 3.11. The molecule has 2 N–H and O–H groups in total. The summed E-state index contributed by atoms with van der Waals surface area (Å²) in [6, 6.07) is 8.60. The zero-order valence-corrected chi connectivity index (χ0v) is 16.7. The molecule has 0 saturated carbocycles. The highest BCUT2D eigenvalue weighted by Gasteiger charge is 2.20. The molecule has 0 spiro atoms. The lowest BCUT2D eigenvalue weighted by atomic mass is 9.87. The van der Waals surface area contributed by atoms with Crippen LogP contribution in [0, 0.1) is 0 Å². The molecule has 2 aromatic rings. The maximum atomic E-state index is 5.90. The third-order valence-electron chi connectivity index (χ3n) is 4.73. The minimum absolute atomic E-state index is 0.119. The number of aromatic nitrogens is 3. The number of guanidine groups is 1. The van der Waals surface area contributed by atoms with Gasteiger partial charge >= 0.3 is 0 Å². The van der Waals surface area contributed by atoms with Gasteiger partial charge in [-0.1, -0.05) is 32.9 Å². The number of rotatable bonds is 5. The van der Waals surface area contributed by atoms with Gasteiger partial charge in [-0.3, -0.25) is 4.99 Å². The minimum atomic E-state index is 0.119. The van der Waals surface area contributed by atoms with Crippen LogP contribution in [0.15, 0.2) is 35.6 Å². The third-order valence-corrected chi connectivity index (χ3v) is 4.73. The molecule has 2 heterocycles. The molecular formula is C20H30N6O. The number of nitrogens with one attached hydrogen (secondary N) is 2. The Bertz CT molecular complexity index is 777. The molecule has 1 aliphatic heterocycles. The molecule has 1 aromatic carbocycles. The van der Waals surface area contributed by atoms with Crippen LogP contribution in [0.4, 0.5) is 0 Å². The highest BCUT2D eigenvalue weighted by Crippen LogP contribution is 2.25. The molecule has 0 fully saturated rings. The molecule has 1 aliphatic rings. The van der Waals surface area contributed by atoms with E-state index in [9.17, 15) is 0 Å². The number of fused-ring (bicyclic) bond motifs is 1. The molecular weight excluding hydrogens is 340 g/mol. The van der Waals surface area contributed by atoms with Crippen molar-refractivity contribution in [3.8, 4) is 5.75 Å². The quantitative estimate of drug-likeness (QED) is 0.479. The molecule has 146 valence electrons. The third kappa shape index (κ3) is 5.21. The second-order valence-electron chi connectivity index (χ2n) is 7.86. The molecule has 1 unspecified atom stereocenters. The highest BCUT2D eigenvalue weighted by molar-refractivity contribution is 5.79. The standard InChI is InChI=1S/C20H30N6O/c1-20(2,3)15-6-5-7-17(12-15)27-11-10-22-19(21-4)25-16-8-9-18-23-14-24-26(18)13-16/h5-7,12,14,16H,8-11,13H2,1-4H3,(H2,21,22,25). The molecule has 0 bridgehead atoms. The average molecular weight is 371 g/mol. The maximum Gasteiger partial charge on any atom is 0.191 e. The lowest BCUT2D eigenvalue weighted by Gasteiger charge is -2.25. The summed E-state index contributed by atoms with van der Waals surface area (Å²) in [4.78, 5) is 8.57. The summed E-state index contributed by atoms with van der Waals surface area (Å²) in [6.07, 6.45) is 3.58. The summed E-state index contributed by atoms with van der Waals surface area (Å²) >= 11 is 0. The predicted molar refractivity (Wildman–Crippen MR) is 107 cm³/mol. The van der Waals surface area contributed by atoms with Crippen molar-refractivity contribution in [1.29, 1.82) is 0 Å². The van der Waals surface area contributed by atoms with Gasteiger partial charge in [0, 0.05) is 19.5 Å². The van der Waals surface area contributed by atoms with E-state index in [1.807, 2.05) is 16.8 Å². The van der Waals surface area contributed by atoms with Crippen molar-refractivity contribution in [3.05, 3.63) is 42.0 Å². The summed E-state index contributed by atoms with van der Waals surface area (Å²) in [5.74, 6) is 2.75. The van der Waals surface area contributed by atoms with Gasteiger partial charge in [0.1, 0.15) is 24.5 Å². The normalized spacial score (nSPS) is 17.3. The first-order valence-corrected chi connectivity index (χ1v) is 9.53. The summed E-state index contributed by atoms with van der Waals surface area (Å²) in [5.41, 5.74) is 1.39. The van der Waals surface area contributed by atoms with Crippen LogP contribution in [0.5, 0.6) is 5.75 Å². The van der Waals surface area contributed by atoms with Gasteiger partial charge in [-0.2, -0.15) is 5.10 Å². The van der Waals surface area contributed by atoms with E-state index in [2.05, 4.69) is 58.6 Å². The Balaban J connectivity index is 1.43. The lowest BCUT2D eigenvalue weighted by molar-refractivity contribution is 0.320. The fourth-order valence-electron chi connectivity index (χ4n) is 3.13. The van der Waals surface area contributed by atoms with Crippen molar-refractivity contribution in [2.45, 2.75) is 51.6 Å². The van der Waals surface area contributed by atoms with Gasteiger partial charge in [0.05, 0.1) is 13.1 Å². The van der Waals surface area contributed by atoms with E-state index >= 15 is 0 Å². The molecule has 7 nitrogen and oxygen atoms in total. The zero-order chi connectivity index (χ0) is 19.3. The van der Waals surface area contributed by atoms with Crippen LogP contribution in [-0.4, -0.2) is 47.0 Å². The maximum absolute atomic E-state index is 5.90. The topological polar surface area (TPSA) is 76.4 Å². The van der Waals surface area contributed by atoms with E-state index < -0.39 is 0 Å². The van der Waals surface area contributed by atoms with E-state index in [4.69, 9.17) is 4.74 Å².